The summed E-state index contributed by atoms with van der Waals surface area (Å²) in [7, 11) is 0. The lowest BCUT2D eigenvalue weighted by atomic mass is 10.1. The maximum atomic E-state index is 11.2. The molecule has 3 N–H and O–H groups in total. The average Bonchev–Trinajstić information content (AvgIpc) is 2.10. The standard InChI is InChI=1S/C8H13N3O3/c1-2-9-8(14)10-5-3-4-6(12)11-7(5)13/h5H,2-4H2,1H3,(H2,9,10,14)(H,11,12,13). The molecular weight excluding hydrogens is 186 g/mol. The number of nitrogens with one attached hydrogen (secondary N) is 3. The van der Waals surface area contributed by atoms with E-state index in [0.29, 0.717) is 13.0 Å². The SMILES string of the molecule is CCNC(=O)NC1CCC(=O)NC1=O. The van der Waals surface area contributed by atoms with Crippen LogP contribution in [0, 0.1) is 0 Å². The number of carbonyl (C=O) groups excluding carboxylic acids is 3. The number of hydrogen-bond acceptors (Lipinski definition) is 3. The van der Waals surface area contributed by atoms with Crippen LogP contribution in [-0.2, 0) is 9.59 Å². The monoisotopic (exact) mass is 199 g/mol. The minimum atomic E-state index is -0.598. The third-order valence-electron chi connectivity index (χ3n) is 1.88. The van der Waals surface area contributed by atoms with Crippen molar-refractivity contribution in [3.8, 4) is 0 Å². The first-order valence-corrected chi connectivity index (χ1v) is 4.51. The van der Waals surface area contributed by atoms with Crippen molar-refractivity contribution in [2.75, 3.05) is 6.54 Å². The molecule has 0 aromatic rings. The van der Waals surface area contributed by atoms with E-state index in [1.165, 1.54) is 0 Å². The van der Waals surface area contributed by atoms with Gasteiger partial charge in [0.1, 0.15) is 6.04 Å². The summed E-state index contributed by atoms with van der Waals surface area (Å²) in [6, 6.07) is -0.985. The molecule has 0 spiro atoms. The molecule has 1 heterocycles. The molecule has 1 aliphatic heterocycles. The van der Waals surface area contributed by atoms with Gasteiger partial charge in [0, 0.05) is 13.0 Å². The quantitative estimate of drug-likeness (QED) is 0.504. The Labute approximate surface area is 81.4 Å². The van der Waals surface area contributed by atoms with E-state index in [-0.39, 0.29) is 18.4 Å². The molecule has 6 heteroatoms. The molecule has 1 fully saturated rings. The van der Waals surface area contributed by atoms with Crippen molar-refractivity contribution < 1.29 is 14.4 Å². The maximum Gasteiger partial charge on any atom is 0.315 e. The van der Waals surface area contributed by atoms with E-state index in [4.69, 9.17) is 0 Å². The van der Waals surface area contributed by atoms with E-state index in [9.17, 15) is 14.4 Å². The Balaban J connectivity index is 2.41. The normalized spacial score (nSPS) is 21.4. The second-order valence-electron chi connectivity index (χ2n) is 3.01. The molecule has 1 rings (SSSR count). The highest BCUT2D eigenvalue weighted by Crippen LogP contribution is 2.03. The molecule has 0 bridgehead atoms. The summed E-state index contributed by atoms with van der Waals surface area (Å²) in [6.07, 6.45) is 0.630. The molecule has 1 aliphatic rings. The van der Waals surface area contributed by atoms with Gasteiger partial charge < -0.3 is 10.6 Å². The van der Waals surface area contributed by atoms with Crippen molar-refractivity contribution in [3.05, 3.63) is 0 Å². The summed E-state index contributed by atoms with van der Waals surface area (Å²) in [5.41, 5.74) is 0. The molecule has 1 saturated heterocycles. The molecule has 1 unspecified atom stereocenters. The first-order valence-electron chi connectivity index (χ1n) is 4.51. The van der Waals surface area contributed by atoms with Crippen molar-refractivity contribution in [2.45, 2.75) is 25.8 Å². The lowest BCUT2D eigenvalue weighted by Gasteiger charge is -2.21. The second kappa shape index (κ2) is 4.59. The maximum absolute atomic E-state index is 11.2. The first-order chi connectivity index (χ1) is 6.63. The van der Waals surface area contributed by atoms with Gasteiger partial charge in [-0.25, -0.2) is 4.79 Å². The zero-order valence-corrected chi connectivity index (χ0v) is 7.92. The van der Waals surface area contributed by atoms with Gasteiger partial charge in [0.2, 0.25) is 11.8 Å². The number of urea groups is 1. The van der Waals surface area contributed by atoms with E-state index in [0.717, 1.165) is 0 Å². The van der Waals surface area contributed by atoms with Crippen molar-refractivity contribution in [1.82, 2.24) is 16.0 Å². The molecular formula is C8H13N3O3. The van der Waals surface area contributed by atoms with Gasteiger partial charge in [-0.1, -0.05) is 0 Å². The molecule has 14 heavy (non-hydrogen) atoms. The van der Waals surface area contributed by atoms with Gasteiger partial charge in [-0.05, 0) is 13.3 Å². The fraction of sp³-hybridized carbons (Fsp3) is 0.625. The Hall–Kier alpha value is -1.59. The van der Waals surface area contributed by atoms with E-state index < -0.39 is 11.9 Å². The summed E-state index contributed by atoms with van der Waals surface area (Å²) in [6.45, 7) is 2.28. The smallest absolute Gasteiger partial charge is 0.315 e. The number of rotatable bonds is 2. The van der Waals surface area contributed by atoms with Crippen molar-refractivity contribution in [3.63, 3.8) is 0 Å². The Morgan fingerprint density at radius 2 is 2.29 bits per heavy atom. The topological polar surface area (TPSA) is 87.3 Å². The summed E-state index contributed by atoms with van der Waals surface area (Å²) < 4.78 is 0. The van der Waals surface area contributed by atoms with Gasteiger partial charge in [0.05, 0.1) is 0 Å². The predicted molar refractivity (Wildman–Crippen MR) is 48.4 cm³/mol. The molecule has 4 amide bonds. The molecule has 1 atom stereocenters. The van der Waals surface area contributed by atoms with Crippen LogP contribution in [0.5, 0.6) is 0 Å². The van der Waals surface area contributed by atoms with Crippen LogP contribution in [0.25, 0.3) is 0 Å². The van der Waals surface area contributed by atoms with E-state index in [1.54, 1.807) is 6.92 Å². The lowest BCUT2D eigenvalue weighted by Crippen LogP contribution is -2.54. The van der Waals surface area contributed by atoms with Gasteiger partial charge in [-0.3, -0.25) is 14.9 Å². The first kappa shape index (κ1) is 10.5. The fourth-order valence-corrected chi connectivity index (χ4v) is 1.20. The van der Waals surface area contributed by atoms with Gasteiger partial charge in [0.25, 0.3) is 0 Å². The minimum Gasteiger partial charge on any atom is -0.338 e. The molecule has 0 saturated carbocycles. The van der Waals surface area contributed by atoms with Crippen LogP contribution in [0.1, 0.15) is 19.8 Å². The van der Waals surface area contributed by atoms with Crippen LogP contribution in [0.15, 0.2) is 0 Å². The molecule has 0 aliphatic carbocycles. The van der Waals surface area contributed by atoms with Crippen molar-refractivity contribution in [1.29, 1.82) is 0 Å². The Morgan fingerprint density at radius 1 is 1.57 bits per heavy atom. The van der Waals surface area contributed by atoms with E-state index in [1.807, 2.05) is 0 Å². The highest BCUT2D eigenvalue weighted by molar-refractivity contribution is 6.01. The van der Waals surface area contributed by atoms with E-state index in [2.05, 4.69) is 16.0 Å². The van der Waals surface area contributed by atoms with Crippen LogP contribution in [-0.4, -0.2) is 30.4 Å². The van der Waals surface area contributed by atoms with Crippen LogP contribution in [0.4, 0.5) is 4.79 Å². The van der Waals surface area contributed by atoms with Crippen LogP contribution < -0.4 is 16.0 Å². The number of amides is 4. The van der Waals surface area contributed by atoms with Gasteiger partial charge in [-0.2, -0.15) is 0 Å². The van der Waals surface area contributed by atoms with Gasteiger partial charge >= 0.3 is 6.03 Å². The van der Waals surface area contributed by atoms with E-state index >= 15 is 0 Å². The summed E-state index contributed by atoms with van der Waals surface area (Å²) in [4.78, 5) is 33.0. The van der Waals surface area contributed by atoms with Crippen LogP contribution in [0.3, 0.4) is 0 Å². The highest BCUT2D eigenvalue weighted by Gasteiger charge is 2.27. The van der Waals surface area contributed by atoms with Gasteiger partial charge in [0.15, 0.2) is 0 Å². The fourth-order valence-electron chi connectivity index (χ4n) is 1.20. The lowest BCUT2D eigenvalue weighted by molar-refractivity contribution is -0.134. The summed E-state index contributed by atoms with van der Waals surface area (Å²) in [5, 5.41) is 7.14. The third-order valence-corrected chi connectivity index (χ3v) is 1.88. The third kappa shape index (κ3) is 2.72. The van der Waals surface area contributed by atoms with Crippen molar-refractivity contribution in [2.24, 2.45) is 0 Å². The minimum absolute atomic E-state index is 0.267. The molecule has 6 nitrogen and oxygen atoms in total. The number of hydrogen-bond donors (Lipinski definition) is 3. The highest BCUT2D eigenvalue weighted by atomic mass is 16.2. The van der Waals surface area contributed by atoms with Crippen molar-refractivity contribution >= 4 is 17.8 Å². The predicted octanol–water partition coefficient (Wildman–Crippen LogP) is -0.889. The summed E-state index contributed by atoms with van der Waals surface area (Å²) in [5.74, 6) is -0.726. The Kier molecular flexibility index (Phi) is 3.44. The molecule has 78 valence electrons. The zero-order valence-electron chi connectivity index (χ0n) is 7.92. The summed E-state index contributed by atoms with van der Waals surface area (Å²) >= 11 is 0. The number of carbonyl (C=O) groups is 3. The Morgan fingerprint density at radius 3 is 2.86 bits per heavy atom. The molecule has 0 radical (unpaired) electrons. The Bertz CT molecular complexity index is 265. The number of piperidine rings is 1. The largest absolute Gasteiger partial charge is 0.338 e. The molecule has 0 aromatic heterocycles. The molecule has 0 aromatic carbocycles. The second-order valence-corrected chi connectivity index (χ2v) is 3.01. The zero-order chi connectivity index (χ0) is 10.6. The average molecular weight is 199 g/mol. The van der Waals surface area contributed by atoms with Crippen LogP contribution >= 0.6 is 0 Å². The van der Waals surface area contributed by atoms with Crippen LogP contribution in [0.2, 0.25) is 0 Å². The van der Waals surface area contributed by atoms with Gasteiger partial charge in [-0.15, -0.1) is 0 Å². The number of imide groups is 1.